The summed E-state index contributed by atoms with van der Waals surface area (Å²) in [5, 5.41) is 2.75. The molecule has 98 valence electrons. The van der Waals surface area contributed by atoms with Crippen molar-refractivity contribution in [3.05, 3.63) is 35.4 Å². The van der Waals surface area contributed by atoms with E-state index in [1.165, 1.54) is 19.3 Å². The second kappa shape index (κ2) is 5.94. The lowest BCUT2D eigenvalue weighted by Gasteiger charge is -2.21. The van der Waals surface area contributed by atoms with Crippen molar-refractivity contribution in [3.8, 4) is 0 Å². The summed E-state index contributed by atoms with van der Waals surface area (Å²) in [5.41, 5.74) is 0.0447. The number of carbonyl (C=O) groups is 1. The minimum Gasteiger partial charge on any atom is -0.352 e. The predicted molar refractivity (Wildman–Crippen MR) is 65.3 cm³/mol. The highest BCUT2D eigenvalue weighted by Gasteiger charge is 2.15. The van der Waals surface area contributed by atoms with Gasteiger partial charge in [-0.15, -0.1) is 0 Å². The molecule has 1 N–H and O–H groups in total. The maximum absolute atomic E-state index is 13.0. The van der Waals surface area contributed by atoms with E-state index in [0.29, 0.717) is 12.5 Å². The molecule has 0 aliphatic heterocycles. The van der Waals surface area contributed by atoms with Crippen LogP contribution >= 0.6 is 0 Å². The minimum absolute atomic E-state index is 0.0447. The fourth-order valence-corrected chi connectivity index (χ4v) is 2.42. The highest BCUT2D eigenvalue weighted by molar-refractivity contribution is 5.94. The lowest BCUT2D eigenvalue weighted by molar-refractivity contribution is 0.0942. The van der Waals surface area contributed by atoms with E-state index in [1.807, 2.05) is 0 Å². The van der Waals surface area contributed by atoms with Crippen molar-refractivity contribution in [2.45, 2.75) is 32.1 Å². The molecule has 0 aromatic heterocycles. The summed E-state index contributed by atoms with van der Waals surface area (Å²) >= 11 is 0. The quantitative estimate of drug-likeness (QED) is 0.880. The molecule has 18 heavy (non-hydrogen) atoms. The van der Waals surface area contributed by atoms with Crippen LogP contribution in [0.2, 0.25) is 0 Å². The van der Waals surface area contributed by atoms with Crippen molar-refractivity contribution in [2.75, 3.05) is 6.54 Å². The number of amides is 1. The zero-order chi connectivity index (χ0) is 13.0. The van der Waals surface area contributed by atoms with Crippen molar-refractivity contribution in [1.82, 2.24) is 5.32 Å². The van der Waals surface area contributed by atoms with Crippen LogP contribution in [0.1, 0.15) is 42.5 Å². The molecule has 1 aromatic rings. The van der Waals surface area contributed by atoms with E-state index in [0.717, 1.165) is 31.0 Å². The summed E-state index contributed by atoms with van der Waals surface area (Å²) in [6.45, 7) is 0.594. The number of rotatable bonds is 3. The Morgan fingerprint density at radius 1 is 1.11 bits per heavy atom. The van der Waals surface area contributed by atoms with Crippen LogP contribution in [0.25, 0.3) is 0 Å². The van der Waals surface area contributed by atoms with Gasteiger partial charge >= 0.3 is 0 Å². The predicted octanol–water partition coefficient (Wildman–Crippen LogP) is 3.27. The molecule has 1 aliphatic rings. The first-order chi connectivity index (χ1) is 8.65. The smallest absolute Gasteiger partial charge is 0.251 e. The Morgan fingerprint density at radius 2 is 1.72 bits per heavy atom. The standard InChI is InChI=1S/C14H17F2NO/c15-12-6-11(7-13(16)8-12)14(18)17-9-10-4-2-1-3-5-10/h6-8,10H,1-5,9H2,(H,17,18). The molecule has 0 saturated heterocycles. The Balaban J connectivity index is 1.90. The van der Waals surface area contributed by atoms with Crippen LogP contribution in [0.3, 0.4) is 0 Å². The summed E-state index contributed by atoms with van der Waals surface area (Å²) < 4.78 is 25.9. The largest absolute Gasteiger partial charge is 0.352 e. The number of carbonyl (C=O) groups excluding carboxylic acids is 1. The van der Waals surface area contributed by atoms with Crippen LogP contribution in [0.15, 0.2) is 18.2 Å². The van der Waals surface area contributed by atoms with Gasteiger partial charge in [0.2, 0.25) is 0 Å². The SMILES string of the molecule is O=C(NCC1CCCCC1)c1cc(F)cc(F)c1. The van der Waals surface area contributed by atoms with Crippen molar-refractivity contribution in [2.24, 2.45) is 5.92 Å². The third-order valence-corrected chi connectivity index (χ3v) is 3.40. The van der Waals surface area contributed by atoms with Gasteiger partial charge in [-0.1, -0.05) is 19.3 Å². The first kappa shape index (κ1) is 13.0. The molecular weight excluding hydrogens is 236 g/mol. The fourth-order valence-electron chi connectivity index (χ4n) is 2.42. The van der Waals surface area contributed by atoms with Gasteiger partial charge in [-0.25, -0.2) is 8.78 Å². The third-order valence-electron chi connectivity index (χ3n) is 3.40. The molecule has 0 bridgehead atoms. The number of hydrogen-bond acceptors (Lipinski definition) is 1. The van der Waals surface area contributed by atoms with Crippen molar-refractivity contribution in [1.29, 1.82) is 0 Å². The Kier molecular flexibility index (Phi) is 4.28. The van der Waals surface area contributed by atoms with Crippen LogP contribution in [0.4, 0.5) is 8.78 Å². The van der Waals surface area contributed by atoms with Gasteiger partial charge in [-0.2, -0.15) is 0 Å². The summed E-state index contributed by atoms with van der Waals surface area (Å²) in [6.07, 6.45) is 5.92. The Labute approximate surface area is 105 Å². The van der Waals surface area contributed by atoms with E-state index in [-0.39, 0.29) is 5.56 Å². The Bertz CT molecular complexity index is 408. The summed E-state index contributed by atoms with van der Waals surface area (Å²) in [4.78, 5) is 11.7. The van der Waals surface area contributed by atoms with Gasteiger partial charge < -0.3 is 5.32 Å². The average Bonchev–Trinajstić information content (AvgIpc) is 2.36. The molecule has 0 radical (unpaired) electrons. The number of benzene rings is 1. The van der Waals surface area contributed by atoms with Crippen molar-refractivity contribution >= 4 is 5.91 Å². The molecule has 0 spiro atoms. The molecular formula is C14H17F2NO. The van der Waals surface area contributed by atoms with E-state index < -0.39 is 17.5 Å². The normalized spacial score (nSPS) is 16.6. The van der Waals surface area contributed by atoms with E-state index in [2.05, 4.69) is 5.32 Å². The van der Waals surface area contributed by atoms with Crippen LogP contribution in [0, 0.1) is 17.6 Å². The van der Waals surface area contributed by atoms with Gasteiger partial charge in [0, 0.05) is 18.2 Å². The molecule has 0 unspecified atom stereocenters. The number of nitrogens with one attached hydrogen (secondary N) is 1. The summed E-state index contributed by atoms with van der Waals surface area (Å²) in [6, 6.07) is 2.87. The lowest BCUT2D eigenvalue weighted by atomic mass is 9.89. The number of halogens is 2. The van der Waals surface area contributed by atoms with Crippen molar-refractivity contribution < 1.29 is 13.6 Å². The van der Waals surface area contributed by atoms with E-state index in [1.54, 1.807) is 0 Å². The summed E-state index contributed by atoms with van der Waals surface area (Å²) in [5.74, 6) is -1.35. The molecule has 1 saturated carbocycles. The van der Waals surface area contributed by atoms with E-state index in [4.69, 9.17) is 0 Å². The maximum Gasteiger partial charge on any atom is 0.251 e. The second-order valence-electron chi connectivity index (χ2n) is 4.87. The second-order valence-corrected chi connectivity index (χ2v) is 4.87. The zero-order valence-corrected chi connectivity index (χ0v) is 10.2. The van der Waals surface area contributed by atoms with Crippen LogP contribution in [-0.2, 0) is 0 Å². The molecule has 1 aliphatic carbocycles. The van der Waals surface area contributed by atoms with Crippen LogP contribution in [-0.4, -0.2) is 12.5 Å². The molecule has 0 heterocycles. The van der Waals surface area contributed by atoms with Crippen LogP contribution < -0.4 is 5.32 Å². The van der Waals surface area contributed by atoms with E-state index in [9.17, 15) is 13.6 Å². The molecule has 1 fully saturated rings. The van der Waals surface area contributed by atoms with Gasteiger partial charge in [-0.3, -0.25) is 4.79 Å². The minimum atomic E-state index is -0.724. The Morgan fingerprint density at radius 3 is 2.33 bits per heavy atom. The molecule has 4 heteroatoms. The van der Waals surface area contributed by atoms with Gasteiger partial charge in [0.05, 0.1) is 0 Å². The van der Waals surface area contributed by atoms with Crippen molar-refractivity contribution in [3.63, 3.8) is 0 Å². The van der Waals surface area contributed by atoms with E-state index >= 15 is 0 Å². The fraction of sp³-hybridized carbons (Fsp3) is 0.500. The number of hydrogen-bond donors (Lipinski definition) is 1. The maximum atomic E-state index is 13.0. The molecule has 1 aromatic carbocycles. The van der Waals surface area contributed by atoms with Gasteiger partial charge in [0.15, 0.2) is 0 Å². The average molecular weight is 253 g/mol. The highest BCUT2D eigenvalue weighted by Crippen LogP contribution is 2.22. The summed E-state index contributed by atoms with van der Waals surface area (Å²) in [7, 11) is 0. The molecule has 2 nitrogen and oxygen atoms in total. The zero-order valence-electron chi connectivity index (χ0n) is 10.2. The molecule has 0 atom stereocenters. The lowest BCUT2D eigenvalue weighted by Crippen LogP contribution is -2.30. The van der Waals surface area contributed by atoms with Gasteiger partial charge in [0.25, 0.3) is 5.91 Å². The highest BCUT2D eigenvalue weighted by atomic mass is 19.1. The van der Waals surface area contributed by atoms with Gasteiger partial charge in [-0.05, 0) is 30.9 Å². The Hall–Kier alpha value is -1.45. The van der Waals surface area contributed by atoms with Gasteiger partial charge in [0.1, 0.15) is 11.6 Å². The topological polar surface area (TPSA) is 29.1 Å². The first-order valence-electron chi connectivity index (χ1n) is 6.39. The molecule has 1 amide bonds. The molecule has 2 rings (SSSR count). The van der Waals surface area contributed by atoms with Crippen LogP contribution in [0.5, 0.6) is 0 Å². The monoisotopic (exact) mass is 253 g/mol. The third kappa shape index (κ3) is 3.52. The first-order valence-corrected chi connectivity index (χ1v) is 6.39.